The summed E-state index contributed by atoms with van der Waals surface area (Å²) in [6.07, 6.45) is 2.10. The van der Waals surface area contributed by atoms with Crippen LogP contribution in [0.1, 0.15) is 31.9 Å². The van der Waals surface area contributed by atoms with Crippen molar-refractivity contribution in [1.82, 2.24) is 0 Å². The molecule has 0 aliphatic carbocycles. The Hall–Kier alpha value is -0.630. The number of methoxy groups -OCH3 is 1. The Bertz CT molecular complexity index is 350. The van der Waals surface area contributed by atoms with Gasteiger partial charge in [0.15, 0.2) is 0 Å². The third-order valence-corrected chi connectivity index (χ3v) is 3.20. The standard InChI is InChI=1S/C13H20OS/c1-9-7-10(15-6)8-11(12(9)14-5)13(2,3)4/h7-8H,1-6H3. The van der Waals surface area contributed by atoms with Gasteiger partial charge in [-0.05, 0) is 36.3 Å². The summed E-state index contributed by atoms with van der Waals surface area (Å²) in [4.78, 5) is 1.30. The van der Waals surface area contributed by atoms with E-state index in [4.69, 9.17) is 4.74 Å². The van der Waals surface area contributed by atoms with E-state index in [9.17, 15) is 0 Å². The van der Waals surface area contributed by atoms with E-state index < -0.39 is 0 Å². The van der Waals surface area contributed by atoms with Gasteiger partial charge in [-0.3, -0.25) is 0 Å². The predicted octanol–water partition coefficient (Wildman–Crippen LogP) is 4.02. The molecule has 0 radical (unpaired) electrons. The minimum Gasteiger partial charge on any atom is -0.496 e. The highest BCUT2D eigenvalue weighted by molar-refractivity contribution is 7.98. The lowest BCUT2D eigenvalue weighted by molar-refractivity contribution is 0.394. The average molecular weight is 224 g/mol. The molecule has 0 aliphatic rings. The summed E-state index contributed by atoms with van der Waals surface area (Å²) in [5.41, 5.74) is 2.63. The molecule has 84 valence electrons. The quantitative estimate of drug-likeness (QED) is 0.702. The second kappa shape index (κ2) is 4.48. The molecule has 0 bridgehead atoms. The van der Waals surface area contributed by atoms with Crippen LogP contribution in [0.15, 0.2) is 17.0 Å². The largest absolute Gasteiger partial charge is 0.496 e. The van der Waals surface area contributed by atoms with Gasteiger partial charge in [-0.1, -0.05) is 20.8 Å². The molecule has 1 nitrogen and oxygen atoms in total. The Balaban J connectivity index is 3.39. The number of hydrogen-bond donors (Lipinski definition) is 0. The van der Waals surface area contributed by atoms with Crippen molar-refractivity contribution >= 4 is 11.8 Å². The minimum atomic E-state index is 0.127. The summed E-state index contributed by atoms with van der Waals surface area (Å²) in [5.74, 6) is 1.03. The van der Waals surface area contributed by atoms with Crippen LogP contribution in [0, 0.1) is 6.92 Å². The molecule has 0 heterocycles. The molecule has 0 aromatic heterocycles. The number of hydrogen-bond acceptors (Lipinski definition) is 2. The van der Waals surface area contributed by atoms with Gasteiger partial charge in [0.1, 0.15) is 5.75 Å². The normalized spacial score (nSPS) is 11.6. The van der Waals surface area contributed by atoms with Crippen molar-refractivity contribution < 1.29 is 4.74 Å². The maximum Gasteiger partial charge on any atom is 0.125 e. The average Bonchev–Trinajstić information content (AvgIpc) is 2.15. The lowest BCUT2D eigenvalue weighted by atomic mass is 9.85. The van der Waals surface area contributed by atoms with E-state index in [2.05, 4.69) is 46.1 Å². The van der Waals surface area contributed by atoms with Crippen LogP contribution >= 0.6 is 11.8 Å². The van der Waals surface area contributed by atoms with Gasteiger partial charge in [-0.25, -0.2) is 0 Å². The fraction of sp³-hybridized carbons (Fsp3) is 0.538. The molecular weight excluding hydrogens is 204 g/mol. The molecule has 0 fully saturated rings. The molecule has 0 N–H and O–H groups in total. The molecule has 1 rings (SSSR count). The molecule has 0 saturated carbocycles. The molecule has 0 unspecified atom stereocenters. The van der Waals surface area contributed by atoms with E-state index in [1.165, 1.54) is 16.0 Å². The molecule has 0 saturated heterocycles. The summed E-state index contributed by atoms with van der Waals surface area (Å²) in [6.45, 7) is 8.75. The molecule has 15 heavy (non-hydrogen) atoms. The van der Waals surface area contributed by atoms with Gasteiger partial charge in [-0.2, -0.15) is 0 Å². The molecular formula is C13H20OS. The topological polar surface area (TPSA) is 9.23 Å². The zero-order chi connectivity index (χ0) is 11.6. The fourth-order valence-corrected chi connectivity index (χ4v) is 2.22. The van der Waals surface area contributed by atoms with Gasteiger partial charge in [0.2, 0.25) is 0 Å². The summed E-state index contributed by atoms with van der Waals surface area (Å²) >= 11 is 1.78. The van der Waals surface area contributed by atoms with Crippen molar-refractivity contribution in [2.45, 2.75) is 38.0 Å². The highest BCUT2D eigenvalue weighted by atomic mass is 32.2. The Labute approximate surface area is 97.2 Å². The number of ether oxygens (including phenoxy) is 1. The van der Waals surface area contributed by atoms with Crippen LogP contribution < -0.4 is 4.74 Å². The number of aryl methyl sites for hydroxylation is 1. The highest BCUT2D eigenvalue weighted by Gasteiger charge is 2.20. The third-order valence-electron chi connectivity index (χ3n) is 2.50. The molecule has 1 aromatic carbocycles. The zero-order valence-electron chi connectivity index (χ0n) is 10.5. The van der Waals surface area contributed by atoms with Crippen molar-refractivity contribution in [3.8, 4) is 5.75 Å². The molecule has 2 heteroatoms. The van der Waals surface area contributed by atoms with E-state index in [0.29, 0.717) is 0 Å². The van der Waals surface area contributed by atoms with Gasteiger partial charge in [0.05, 0.1) is 7.11 Å². The van der Waals surface area contributed by atoms with Crippen molar-refractivity contribution in [2.24, 2.45) is 0 Å². The van der Waals surface area contributed by atoms with Gasteiger partial charge in [0, 0.05) is 10.5 Å². The van der Waals surface area contributed by atoms with E-state index in [-0.39, 0.29) is 5.41 Å². The summed E-state index contributed by atoms with van der Waals surface area (Å²) < 4.78 is 5.49. The van der Waals surface area contributed by atoms with Crippen LogP contribution in [-0.4, -0.2) is 13.4 Å². The second-order valence-electron chi connectivity index (χ2n) is 4.78. The SMILES string of the molecule is COc1c(C)cc(SC)cc1C(C)(C)C. The van der Waals surface area contributed by atoms with Crippen LogP contribution in [0.25, 0.3) is 0 Å². The van der Waals surface area contributed by atoms with Crippen molar-refractivity contribution in [3.63, 3.8) is 0 Å². The number of benzene rings is 1. The third kappa shape index (κ3) is 2.69. The van der Waals surface area contributed by atoms with Gasteiger partial charge >= 0.3 is 0 Å². The van der Waals surface area contributed by atoms with Crippen molar-refractivity contribution in [2.75, 3.05) is 13.4 Å². The fourth-order valence-electron chi connectivity index (χ4n) is 1.69. The molecule has 0 aliphatic heterocycles. The van der Waals surface area contributed by atoms with Crippen LogP contribution in [0.5, 0.6) is 5.75 Å². The Morgan fingerprint density at radius 2 is 1.80 bits per heavy atom. The Kier molecular flexibility index (Phi) is 3.72. The molecule has 0 amide bonds. The Morgan fingerprint density at radius 3 is 2.20 bits per heavy atom. The maximum atomic E-state index is 5.49. The smallest absolute Gasteiger partial charge is 0.125 e. The first kappa shape index (κ1) is 12.4. The predicted molar refractivity (Wildman–Crippen MR) is 68.2 cm³/mol. The van der Waals surface area contributed by atoms with E-state index in [1.54, 1.807) is 18.9 Å². The monoisotopic (exact) mass is 224 g/mol. The van der Waals surface area contributed by atoms with Crippen LogP contribution in [0.4, 0.5) is 0 Å². The van der Waals surface area contributed by atoms with Gasteiger partial charge < -0.3 is 4.74 Å². The van der Waals surface area contributed by atoms with Gasteiger partial charge in [0.25, 0.3) is 0 Å². The van der Waals surface area contributed by atoms with Crippen LogP contribution in [0.3, 0.4) is 0 Å². The van der Waals surface area contributed by atoms with Crippen molar-refractivity contribution in [3.05, 3.63) is 23.3 Å². The van der Waals surface area contributed by atoms with E-state index in [0.717, 1.165) is 5.75 Å². The number of rotatable bonds is 2. The van der Waals surface area contributed by atoms with Gasteiger partial charge in [-0.15, -0.1) is 11.8 Å². The van der Waals surface area contributed by atoms with Crippen LogP contribution in [-0.2, 0) is 5.41 Å². The molecule has 1 aromatic rings. The highest BCUT2D eigenvalue weighted by Crippen LogP contribution is 2.36. The molecule has 0 spiro atoms. The first-order valence-corrected chi connectivity index (χ1v) is 6.35. The minimum absolute atomic E-state index is 0.127. The van der Waals surface area contributed by atoms with E-state index >= 15 is 0 Å². The maximum absolute atomic E-state index is 5.49. The second-order valence-corrected chi connectivity index (χ2v) is 5.65. The number of thioether (sulfide) groups is 1. The lowest BCUT2D eigenvalue weighted by Gasteiger charge is -2.24. The van der Waals surface area contributed by atoms with Crippen molar-refractivity contribution in [1.29, 1.82) is 0 Å². The van der Waals surface area contributed by atoms with E-state index in [1.807, 2.05) is 0 Å². The lowest BCUT2D eigenvalue weighted by Crippen LogP contribution is -2.13. The summed E-state index contributed by atoms with van der Waals surface area (Å²) in [5, 5.41) is 0. The Morgan fingerprint density at radius 1 is 1.20 bits per heavy atom. The first-order valence-electron chi connectivity index (χ1n) is 5.13. The zero-order valence-corrected chi connectivity index (χ0v) is 11.3. The summed E-state index contributed by atoms with van der Waals surface area (Å²) in [6, 6.07) is 4.41. The van der Waals surface area contributed by atoms with Crippen LogP contribution in [0.2, 0.25) is 0 Å². The molecule has 0 atom stereocenters. The first-order chi connectivity index (χ1) is 6.90. The summed E-state index contributed by atoms with van der Waals surface area (Å²) in [7, 11) is 1.75.